The Bertz CT molecular complexity index is 307. The number of ether oxygens (including phenoxy) is 1. The molecule has 128 valence electrons. The zero-order valence-corrected chi connectivity index (χ0v) is 14.4. The highest BCUT2D eigenvalue weighted by atomic mass is 16.5. The van der Waals surface area contributed by atoms with E-state index in [1.165, 1.54) is 51.4 Å². The number of hydrogen-bond donors (Lipinski definition) is 2. The summed E-state index contributed by atoms with van der Waals surface area (Å²) in [6, 6.07) is 0. The van der Waals surface area contributed by atoms with Crippen molar-refractivity contribution in [1.29, 1.82) is 0 Å². The molecule has 0 aromatic heterocycles. The molecule has 2 fully saturated rings. The van der Waals surface area contributed by atoms with Gasteiger partial charge in [0, 0.05) is 26.2 Å². The maximum atomic E-state index is 6.03. The fourth-order valence-corrected chi connectivity index (χ4v) is 2.95. The molecule has 2 aliphatic rings. The molecule has 2 N–H and O–H groups in total. The first-order valence-electron chi connectivity index (χ1n) is 9.52. The normalized spacial score (nSPS) is 20.7. The Morgan fingerprint density at radius 2 is 1.77 bits per heavy atom. The molecule has 0 spiro atoms. The van der Waals surface area contributed by atoms with Crippen molar-refractivity contribution < 1.29 is 4.74 Å². The van der Waals surface area contributed by atoms with Crippen molar-refractivity contribution in [3.05, 3.63) is 0 Å². The van der Waals surface area contributed by atoms with Crippen LogP contribution in [-0.2, 0) is 4.74 Å². The van der Waals surface area contributed by atoms with Gasteiger partial charge in [0.15, 0.2) is 5.96 Å². The average molecular weight is 309 g/mol. The van der Waals surface area contributed by atoms with E-state index in [2.05, 4.69) is 22.5 Å². The van der Waals surface area contributed by atoms with Gasteiger partial charge in [0.05, 0.1) is 6.10 Å². The molecule has 0 amide bonds. The molecule has 0 heterocycles. The Morgan fingerprint density at radius 1 is 1.00 bits per heavy atom. The smallest absolute Gasteiger partial charge is 0.191 e. The number of rotatable bonds is 9. The number of unbranched alkanes of at least 4 members (excludes halogenated alkanes) is 1. The van der Waals surface area contributed by atoms with E-state index in [0.29, 0.717) is 6.10 Å². The van der Waals surface area contributed by atoms with Crippen molar-refractivity contribution in [2.24, 2.45) is 10.9 Å². The van der Waals surface area contributed by atoms with Gasteiger partial charge in [-0.25, -0.2) is 0 Å². The van der Waals surface area contributed by atoms with Crippen LogP contribution in [0.15, 0.2) is 4.99 Å². The van der Waals surface area contributed by atoms with Crippen LogP contribution >= 0.6 is 0 Å². The molecule has 0 saturated heterocycles. The number of guanidine groups is 1. The van der Waals surface area contributed by atoms with Crippen LogP contribution in [0.5, 0.6) is 0 Å². The van der Waals surface area contributed by atoms with Crippen LogP contribution < -0.4 is 10.6 Å². The first-order chi connectivity index (χ1) is 10.9. The molecule has 2 aliphatic carbocycles. The molecule has 22 heavy (non-hydrogen) atoms. The van der Waals surface area contributed by atoms with E-state index in [9.17, 15) is 0 Å². The van der Waals surface area contributed by atoms with Crippen molar-refractivity contribution in [3.63, 3.8) is 0 Å². The van der Waals surface area contributed by atoms with E-state index in [4.69, 9.17) is 4.74 Å². The minimum atomic E-state index is 0.535. The Balaban J connectivity index is 1.48. The van der Waals surface area contributed by atoms with Crippen LogP contribution in [0.2, 0.25) is 0 Å². The zero-order chi connectivity index (χ0) is 15.5. The van der Waals surface area contributed by atoms with Crippen molar-refractivity contribution in [2.75, 3.05) is 26.2 Å². The summed E-state index contributed by atoms with van der Waals surface area (Å²) in [4.78, 5) is 4.64. The van der Waals surface area contributed by atoms with Gasteiger partial charge in [0.1, 0.15) is 0 Å². The summed E-state index contributed by atoms with van der Waals surface area (Å²) >= 11 is 0. The Morgan fingerprint density at radius 3 is 2.45 bits per heavy atom. The van der Waals surface area contributed by atoms with Crippen molar-refractivity contribution in [3.8, 4) is 0 Å². The van der Waals surface area contributed by atoms with E-state index in [0.717, 1.165) is 51.0 Å². The van der Waals surface area contributed by atoms with Crippen molar-refractivity contribution in [1.82, 2.24) is 10.6 Å². The summed E-state index contributed by atoms with van der Waals surface area (Å²) in [5.74, 6) is 1.84. The van der Waals surface area contributed by atoms with Gasteiger partial charge in [-0.1, -0.05) is 25.7 Å². The van der Waals surface area contributed by atoms with E-state index >= 15 is 0 Å². The summed E-state index contributed by atoms with van der Waals surface area (Å²) in [6.45, 7) is 5.95. The van der Waals surface area contributed by atoms with Crippen LogP contribution in [0, 0.1) is 5.92 Å². The van der Waals surface area contributed by atoms with Gasteiger partial charge in [-0.05, 0) is 51.4 Å². The molecule has 0 atom stereocenters. The average Bonchev–Trinajstić information content (AvgIpc) is 3.35. The summed E-state index contributed by atoms with van der Waals surface area (Å²) in [5, 5.41) is 6.76. The Labute approximate surface area is 136 Å². The zero-order valence-electron chi connectivity index (χ0n) is 14.4. The van der Waals surface area contributed by atoms with Gasteiger partial charge >= 0.3 is 0 Å². The number of hydrogen-bond acceptors (Lipinski definition) is 2. The Kier molecular flexibility index (Phi) is 8.69. The minimum absolute atomic E-state index is 0.535. The lowest BCUT2D eigenvalue weighted by molar-refractivity contribution is 0.0411. The van der Waals surface area contributed by atoms with Gasteiger partial charge in [0.2, 0.25) is 0 Å². The maximum absolute atomic E-state index is 6.03. The SMILES string of the molecule is CCNC(=NCC1CC1)NCCCCOC1CCCCCC1. The molecular weight excluding hydrogens is 274 g/mol. The second-order valence-electron chi connectivity index (χ2n) is 6.78. The van der Waals surface area contributed by atoms with Crippen molar-refractivity contribution >= 4 is 5.96 Å². The lowest BCUT2D eigenvalue weighted by Crippen LogP contribution is -2.38. The highest BCUT2D eigenvalue weighted by Gasteiger charge is 2.20. The van der Waals surface area contributed by atoms with Gasteiger partial charge in [0.25, 0.3) is 0 Å². The monoisotopic (exact) mass is 309 g/mol. The lowest BCUT2D eigenvalue weighted by Gasteiger charge is -2.15. The van der Waals surface area contributed by atoms with Gasteiger partial charge in [-0.3, -0.25) is 4.99 Å². The predicted octanol–water partition coefficient (Wildman–Crippen LogP) is 3.47. The molecule has 2 saturated carbocycles. The van der Waals surface area contributed by atoms with Gasteiger partial charge in [-0.15, -0.1) is 0 Å². The highest BCUT2D eigenvalue weighted by Crippen LogP contribution is 2.28. The van der Waals surface area contributed by atoms with E-state index in [-0.39, 0.29) is 0 Å². The molecule has 4 heteroatoms. The summed E-state index contributed by atoms with van der Waals surface area (Å²) in [6.07, 6.45) is 13.6. The molecule has 0 aliphatic heterocycles. The fourth-order valence-electron chi connectivity index (χ4n) is 2.95. The molecular formula is C18H35N3O. The van der Waals surface area contributed by atoms with Crippen LogP contribution in [0.25, 0.3) is 0 Å². The first kappa shape index (κ1) is 17.6. The van der Waals surface area contributed by atoms with E-state index in [1.807, 2.05) is 0 Å². The molecule has 0 unspecified atom stereocenters. The quantitative estimate of drug-likeness (QED) is 0.297. The van der Waals surface area contributed by atoms with Crippen LogP contribution in [0.4, 0.5) is 0 Å². The number of aliphatic imine (C=N–C) groups is 1. The molecule has 2 rings (SSSR count). The fraction of sp³-hybridized carbons (Fsp3) is 0.944. The number of nitrogens with zero attached hydrogens (tertiary/aromatic N) is 1. The van der Waals surface area contributed by atoms with Crippen LogP contribution in [-0.4, -0.2) is 38.3 Å². The van der Waals surface area contributed by atoms with E-state index < -0.39 is 0 Å². The molecule has 0 radical (unpaired) electrons. The third-order valence-corrected chi connectivity index (χ3v) is 4.57. The third kappa shape index (κ3) is 8.02. The first-order valence-corrected chi connectivity index (χ1v) is 9.52. The lowest BCUT2D eigenvalue weighted by atomic mass is 10.1. The van der Waals surface area contributed by atoms with Gasteiger partial charge < -0.3 is 15.4 Å². The second-order valence-corrected chi connectivity index (χ2v) is 6.78. The topological polar surface area (TPSA) is 45.7 Å². The molecule has 0 aromatic rings. The number of nitrogens with one attached hydrogen (secondary N) is 2. The maximum Gasteiger partial charge on any atom is 0.191 e. The Hall–Kier alpha value is -0.770. The standard InChI is InChI=1S/C18H35N3O/c1-2-19-18(21-15-16-11-12-16)20-13-7-8-14-22-17-9-5-3-4-6-10-17/h16-17H,2-15H2,1H3,(H2,19,20,21). The summed E-state index contributed by atoms with van der Waals surface area (Å²) in [5.41, 5.74) is 0. The van der Waals surface area contributed by atoms with Crippen LogP contribution in [0.1, 0.15) is 71.1 Å². The van der Waals surface area contributed by atoms with Gasteiger partial charge in [-0.2, -0.15) is 0 Å². The summed E-state index contributed by atoms with van der Waals surface area (Å²) in [7, 11) is 0. The highest BCUT2D eigenvalue weighted by molar-refractivity contribution is 5.79. The molecule has 4 nitrogen and oxygen atoms in total. The predicted molar refractivity (Wildman–Crippen MR) is 93.4 cm³/mol. The van der Waals surface area contributed by atoms with E-state index in [1.54, 1.807) is 0 Å². The minimum Gasteiger partial charge on any atom is -0.378 e. The largest absolute Gasteiger partial charge is 0.378 e. The second kappa shape index (κ2) is 10.9. The van der Waals surface area contributed by atoms with Crippen molar-refractivity contribution in [2.45, 2.75) is 77.2 Å². The van der Waals surface area contributed by atoms with Crippen LogP contribution in [0.3, 0.4) is 0 Å². The third-order valence-electron chi connectivity index (χ3n) is 4.57. The molecule has 0 aromatic carbocycles. The molecule has 0 bridgehead atoms. The summed E-state index contributed by atoms with van der Waals surface area (Å²) < 4.78 is 6.03.